The maximum absolute atomic E-state index is 4.37. The summed E-state index contributed by atoms with van der Waals surface area (Å²) >= 11 is 1.86. The first-order chi connectivity index (χ1) is 11.2. The van der Waals surface area contributed by atoms with Crippen LogP contribution in [0.1, 0.15) is 34.9 Å². The molecule has 0 spiro atoms. The van der Waals surface area contributed by atoms with Gasteiger partial charge in [0.15, 0.2) is 0 Å². The average Bonchev–Trinajstić information content (AvgIpc) is 3.06. The summed E-state index contributed by atoms with van der Waals surface area (Å²) in [5, 5.41) is 1.33. The van der Waals surface area contributed by atoms with Gasteiger partial charge in [0.05, 0.1) is 0 Å². The molecule has 4 rings (SSSR count). The molecule has 1 aliphatic rings. The summed E-state index contributed by atoms with van der Waals surface area (Å²) < 4.78 is 1.36. The highest BCUT2D eigenvalue weighted by atomic mass is 32.1. The van der Waals surface area contributed by atoms with Crippen LogP contribution >= 0.6 is 11.3 Å². The van der Waals surface area contributed by atoms with Crippen molar-refractivity contribution in [3.05, 3.63) is 70.6 Å². The maximum Gasteiger partial charge on any atom is 0.0488 e. The van der Waals surface area contributed by atoms with Crippen LogP contribution in [0.4, 0.5) is 5.69 Å². The van der Waals surface area contributed by atoms with Gasteiger partial charge < -0.3 is 4.90 Å². The smallest absolute Gasteiger partial charge is 0.0488 e. The largest absolute Gasteiger partial charge is 0.337 e. The molecule has 3 aromatic rings. The lowest BCUT2D eigenvalue weighted by Crippen LogP contribution is -2.12. The van der Waals surface area contributed by atoms with Crippen LogP contribution in [0.5, 0.6) is 0 Å². The third-order valence-corrected chi connectivity index (χ3v) is 5.64. The molecule has 23 heavy (non-hydrogen) atoms. The third kappa shape index (κ3) is 2.47. The first-order valence-corrected chi connectivity index (χ1v) is 9.06. The standard InChI is InChI=1S/C21H21NS/c1-4-5-16-6-7-17-13-22(15(3)20(17)11-16)19-8-9-21-18(12-19)10-14(2)23-21/h6-12H,3-5,13H2,1-2H3. The molecule has 0 aliphatic carbocycles. The van der Waals surface area contributed by atoms with Crippen LogP contribution in [0.3, 0.4) is 0 Å². The molecule has 0 saturated carbocycles. The van der Waals surface area contributed by atoms with Crippen LogP contribution in [0, 0.1) is 6.92 Å². The van der Waals surface area contributed by atoms with Gasteiger partial charge in [0.1, 0.15) is 0 Å². The molecule has 0 N–H and O–H groups in total. The molecule has 2 aromatic carbocycles. The van der Waals surface area contributed by atoms with Gasteiger partial charge in [0.25, 0.3) is 0 Å². The van der Waals surface area contributed by atoms with Crippen LogP contribution in [0.15, 0.2) is 49.0 Å². The highest BCUT2D eigenvalue weighted by Crippen LogP contribution is 2.38. The van der Waals surface area contributed by atoms with E-state index in [1.165, 1.54) is 43.8 Å². The summed E-state index contributed by atoms with van der Waals surface area (Å²) in [5.41, 5.74) is 6.49. The van der Waals surface area contributed by atoms with Crippen LogP contribution in [0.2, 0.25) is 0 Å². The molecule has 0 amide bonds. The quantitative estimate of drug-likeness (QED) is 0.559. The van der Waals surface area contributed by atoms with Gasteiger partial charge in [-0.1, -0.05) is 32.1 Å². The minimum atomic E-state index is 0.926. The lowest BCUT2D eigenvalue weighted by molar-refractivity contribution is 0.920. The Morgan fingerprint density at radius 2 is 2.00 bits per heavy atom. The lowest BCUT2D eigenvalue weighted by Gasteiger charge is -2.19. The van der Waals surface area contributed by atoms with Gasteiger partial charge in [0.2, 0.25) is 0 Å². The molecule has 116 valence electrons. The number of aryl methyl sites for hydroxylation is 2. The Labute approximate surface area is 141 Å². The number of hydrogen-bond donors (Lipinski definition) is 0. The van der Waals surface area contributed by atoms with Crippen LogP contribution in [-0.4, -0.2) is 0 Å². The van der Waals surface area contributed by atoms with E-state index < -0.39 is 0 Å². The summed E-state index contributed by atoms with van der Waals surface area (Å²) in [6.07, 6.45) is 2.32. The van der Waals surface area contributed by atoms with Crippen molar-refractivity contribution >= 4 is 32.8 Å². The molecule has 1 aromatic heterocycles. The number of hydrogen-bond acceptors (Lipinski definition) is 2. The van der Waals surface area contributed by atoms with Gasteiger partial charge in [-0.15, -0.1) is 11.3 Å². The molecule has 0 radical (unpaired) electrons. The van der Waals surface area contributed by atoms with Crippen molar-refractivity contribution in [2.24, 2.45) is 0 Å². The molecule has 2 heterocycles. The van der Waals surface area contributed by atoms with Gasteiger partial charge in [-0.05, 0) is 60.2 Å². The highest BCUT2D eigenvalue weighted by molar-refractivity contribution is 7.19. The van der Waals surface area contributed by atoms with E-state index in [2.05, 4.69) is 67.8 Å². The van der Waals surface area contributed by atoms with Crippen molar-refractivity contribution < 1.29 is 0 Å². The van der Waals surface area contributed by atoms with E-state index in [-0.39, 0.29) is 0 Å². The number of benzene rings is 2. The van der Waals surface area contributed by atoms with Crippen LogP contribution in [-0.2, 0) is 13.0 Å². The van der Waals surface area contributed by atoms with Crippen molar-refractivity contribution in [3.8, 4) is 0 Å². The summed E-state index contributed by atoms with van der Waals surface area (Å²) in [4.78, 5) is 3.71. The fraction of sp³-hybridized carbons (Fsp3) is 0.238. The van der Waals surface area contributed by atoms with Gasteiger partial charge >= 0.3 is 0 Å². The number of nitrogens with zero attached hydrogens (tertiary/aromatic N) is 1. The van der Waals surface area contributed by atoms with Crippen molar-refractivity contribution in [3.63, 3.8) is 0 Å². The Hall–Kier alpha value is -2.06. The van der Waals surface area contributed by atoms with E-state index in [9.17, 15) is 0 Å². The lowest BCUT2D eigenvalue weighted by atomic mass is 10.0. The second kappa shape index (κ2) is 5.54. The first-order valence-electron chi connectivity index (χ1n) is 8.24. The number of thiophene rings is 1. The zero-order chi connectivity index (χ0) is 16.0. The monoisotopic (exact) mass is 319 g/mol. The fourth-order valence-corrected chi connectivity index (χ4v) is 4.37. The fourth-order valence-electron chi connectivity index (χ4n) is 3.46. The maximum atomic E-state index is 4.37. The zero-order valence-electron chi connectivity index (χ0n) is 13.7. The third-order valence-electron chi connectivity index (χ3n) is 4.61. The van der Waals surface area contributed by atoms with Crippen LogP contribution in [0.25, 0.3) is 15.8 Å². The van der Waals surface area contributed by atoms with E-state index in [4.69, 9.17) is 0 Å². The van der Waals surface area contributed by atoms with E-state index in [0.29, 0.717) is 0 Å². The topological polar surface area (TPSA) is 3.24 Å². The molecule has 0 unspecified atom stereocenters. The molecule has 0 fully saturated rings. The van der Waals surface area contributed by atoms with Gasteiger partial charge in [0, 0.05) is 33.1 Å². The molecule has 0 atom stereocenters. The van der Waals surface area contributed by atoms with Crippen molar-refractivity contribution in [1.82, 2.24) is 0 Å². The van der Waals surface area contributed by atoms with Gasteiger partial charge in [-0.3, -0.25) is 0 Å². The van der Waals surface area contributed by atoms with E-state index >= 15 is 0 Å². The van der Waals surface area contributed by atoms with Crippen molar-refractivity contribution in [2.75, 3.05) is 4.90 Å². The second-order valence-corrected chi connectivity index (χ2v) is 7.64. The summed E-state index contributed by atoms with van der Waals surface area (Å²) in [6, 6.07) is 15.9. The predicted molar refractivity (Wildman–Crippen MR) is 102 cm³/mol. The van der Waals surface area contributed by atoms with Crippen molar-refractivity contribution in [2.45, 2.75) is 33.2 Å². The number of rotatable bonds is 3. The second-order valence-electron chi connectivity index (χ2n) is 6.35. The Bertz CT molecular complexity index is 903. The number of anilines is 1. The molecule has 0 saturated heterocycles. The highest BCUT2D eigenvalue weighted by Gasteiger charge is 2.23. The first kappa shape index (κ1) is 14.5. The Morgan fingerprint density at radius 1 is 1.13 bits per heavy atom. The van der Waals surface area contributed by atoms with E-state index in [1.54, 1.807) is 0 Å². The predicted octanol–water partition coefficient (Wildman–Crippen LogP) is 6.15. The summed E-state index contributed by atoms with van der Waals surface area (Å²) in [6.45, 7) is 9.69. The van der Waals surface area contributed by atoms with Crippen molar-refractivity contribution in [1.29, 1.82) is 0 Å². The van der Waals surface area contributed by atoms with E-state index in [1.807, 2.05) is 11.3 Å². The number of fused-ring (bicyclic) bond motifs is 2. The molecular weight excluding hydrogens is 298 g/mol. The molecule has 1 aliphatic heterocycles. The SMILES string of the molecule is C=C1c2cc(CCC)ccc2CN1c1ccc2sc(C)cc2c1. The zero-order valence-corrected chi connectivity index (χ0v) is 14.5. The van der Waals surface area contributed by atoms with Gasteiger partial charge in [-0.25, -0.2) is 0 Å². The Balaban J connectivity index is 1.70. The summed E-state index contributed by atoms with van der Waals surface area (Å²) in [7, 11) is 0. The minimum Gasteiger partial charge on any atom is -0.337 e. The normalized spacial score (nSPS) is 13.8. The summed E-state index contributed by atoms with van der Waals surface area (Å²) in [5.74, 6) is 0. The Kier molecular flexibility index (Phi) is 3.50. The molecule has 0 bridgehead atoms. The molecule has 2 heteroatoms. The minimum absolute atomic E-state index is 0.926. The van der Waals surface area contributed by atoms with Gasteiger partial charge in [-0.2, -0.15) is 0 Å². The Morgan fingerprint density at radius 3 is 2.83 bits per heavy atom. The van der Waals surface area contributed by atoms with Crippen LogP contribution < -0.4 is 4.90 Å². The van der Waals surface area contributed by atoms with E-state index in [0.717, 1.165) is 18.7 Å². The molecule has 1 nitrogen and oxygen atoms in total. The molecular formula is C21H21NS. The average molecular weight is 319 g/mol.